The molecule has 0 aliphatic rings. The lowest BCUT2D eigenvalue weighted by Crippen LogP contribution is -1.92. The highest BCUT2D eigenvalue weighted by atomic mass is 32.2. The van der Waals surface area contributed by atoms with E-state index < -0.39 is 11.1 Å². The van der Waals surface area contributed by atoms with E-state index in [0.29, 0.717) is 10.8 Å². The molecule has 0 fully saturated rings. The zero-order chi connectivity index (χ0) is 9.14. The van der Waals surface area contributed by atoms with Crippen molar-refractivity contribution in [1.29, 1.82) is 0 Å². The van der Waals surface area contributed by atoms with Crippen molar-refractivity contribution in [3.8, 4) is 0 Å². The minimum Gasteiger partial charge on any atom is -0.768 e. The van der Waals surface area contributed by atoms with Gasteiger partial charge in [-0.1, -0.05) is 26.0 Å². The zero-order valence-corrected chi connectivity index (χ0v) is 8.64. The van der Waals surface area contributed by atoms with Gasteiger partial charge < -0.3 is 10.7 Å². The molecule has 0 aliphatic carbocycles. The van der Waals surface area contributed by atoms with Gasteiger partial charge in [0.15, 0.2) is 0 Å². The van der Waals surface area contributed by atoms with Crippen LogP contribution < -0.4 is 6.15 Å². The molecule has 0 saturated carbocycles. The lowest BCUT2D eigenvalue weighted by molar-refractivity contribution is 0.537. The largest absolute Gasteiger partial charge is 0.768 e. The van der Waals surface area contributed by atoms with Crippen LogP contribution in [-0.4, -0.2) is 8.76 Å². The van der Waals surface area contributed by atoms with Crippen molar-refractivity contribution in [2.24, 2.45) is 0 Å². The lowest BCUT2D eigenvalue weighted by Gasteiger charge is -2.09. The number of hydrogen-bond acceptors (Lipinski definition) is 3. The van der Waals surface area contributed by atoms with Crippen LogP contribution >= 0.6 is 0 Å². The molecule has 0 radical (unpaired) electrons. The smallest absolute Gasteiger partial charge is 0.0251 e. The second-order valence-electron chi connectivity index (χ2n) is 2.96. The predicted molar refractivity (Wildman–Crippen MR) is 52.7 cm³/mol. The fraction of sp³-hybridized carbons (Fsp3) is 0.333. The van der Waals surface area contributed by atoms with Gasteiger partial charge in [0.1, 0.15) is 0 Å². The fourth-order valence-electron chi connectivity index (χ4n) is 0.977. The summed E-state index contributed by atoms with van der Waals surface area (Å²) in [5.41, 5.74) is 1.05. The molecule has 0 saturated heterocycles. The summed E-state index contributed by atoms with van der Waals surface area (Å²) in [7, 11) is 0. The average molecular weight is 200 g/mol. The van der Waals surface area contributed by atoms with Gasteiger partial charge in [0.2, 0.25) is 0 Å². The highest BCUT2D eigenvalue weighted by molar-refractivity contribution is 7.79. The van der Waals surface area contributed by atoms with Crippen molar-refractivity contribution in [2.45, 2.75) is 24.7 Å². The van der Waals surface area contributed by atoms with Crippen molar-refractivity contribution in [1.82, 2.24) is 6.15 Å². The second-order valence-corrected chi connectivity index (χ2v) is 3.90. The minimum absolute atomic E-state index is 0. The molecule has 0 spiro atoms. The highest BCUT2D eigenvalue weighted by Crippen LogP contribution is 2.16. The Morgan fingerprint density at radius 1 is 1.38 bits per heavy atom. The molecule has 0 aromatic heterocycles. The first-order valence-electron chi connectivity index (χ1n) is 3.80. The molecule has 0 bridgehead atoms. The second kappa shape index (κ2) is 5.11. The first-order valence-corrected chi connectivity index (χ1v) is 4.88. The number of hydrogen-bond donors (Lipinski definition) is 1. The number of benzene rings is 1. The third-order valence-corrected chi connectivity index (χ3v) is 2.36. The molecule has 0 heterocycles. The molecule has 3 nitrogen and oxygen atoms in total. The molecule has 4 heteroatoms. The summed E-state index contributed by atoms with van der Waals surface area (Å²) in [5, 5.41) is 0. The van der Waals surface area contributed by atoms with Gasteiger partial charge in [-0.3, -0.25) is 4.21 Å². The Morgan fingerprint density at radius 3 is 2.46 bits per heavy atom. The Kier molecular flexibility index (Phi) is 4.83. The molecule has 1 aromatic rings. The number of rotatable bonds is 2. The van der Waals surface area contributed by atoms with E-state index in [1.54, 1.807) is 18.2 Å². The van der Waals surface area contributed by atoms with E-state index in [2.05, 4.69) is 0 Å². The molecule has 0 amide bonds. The maximum atomic E-state index is 10.6. The van der Waals surface area contributed by atoms with E-state index in [-0.39, 0.29) is 6.15 Å². The summed E-state index contributed by atoms with van der Waals surface area (Å²) in [5.74, 6) is 0.369. The van der Waals surface area contributed by atoms with Crippen LogP contribution in [0.3, 0.4) is 0 Å². The van der Waals surface area contributed by atoms with Crippen LogP contribution in [0.15, 0.2) is 29.2 Å². The summed E-state index contributed by atoms with van der Waals surface area (Å²) in [6, 6.07) is 6.99. The SMILES string of the molecule is CC(C)c1cccc(S(=O)[O-])c1.N. The van der Waals surface area contributed by atoms with Gasteiger partial charge in [-0.15, -0.1) is 0 Å². The van der Waals surface area contributed by atoms with Gasteiger partial charge in [-0.2, -0.15) is 0 Å². The minimum atomic E-state index is -2.11. The molecule has 1 rings (SSSR count). The van der Waals surface area contributed by atoms with Crippen LogP contribution in [-0.2, 0) is 11.1 Å². The Bertz CT molecular complexity index is 299. The molecule has 1 aromatic carbocycles. The third kappa shape index (κ3) is 3.26. The summed E-state index contributed by atoms with van der Waals surface area (Å²) in [6.45, 7) is 4.07. The summed E-state index contributed by atoms with van der Waals surface area (Å²) in [4.78, 5) is 0.362. The zero-order valence-electron chi connectivity index (χ0n) is 7.82. The van der Waals surface area contributed by atoms with E-state index in [1.165, 1.54) is 0 Å². The average Bonchev–Trinajstić information content (AvgIpc) is 2.04. The van der Waals surface area contributed by atoms with Crippen molar-refractivity contribution in [3.05, 3.63) is 29.8 Å². The van der Waals surface area contributed by atoms with Gasteiger partial charge in [0.25, 0.3) is 0 Å². The first kappa shape index (κ1) is 12.3. The van der Waals surface area contributed by atoms with E-state index >= 15 is 0 Å². The normalized spacial score (nSPS) is 12.3. The fourth-order valence-corrected chi connectivity index (χ4v) is 1.40. The summed E-state index contributed by atoms with van der Waals surface area (Å²) < 4.78 is 21.2. The van der Waals surface area contributed by atoms with E-state index in [4.69, 9.17) is 0 Å². The molecule has 74 valence electrons. The quantitative estimate of drug-likeness (QED) is 0.743. The maximum absolute atomic E-state index is 10.6. The highest BCUT2D eigenvalue weighted by Gasteiger charge is 1.99. The molecular weight excluding hydrogens is 186 g/mol. The first-order chi connectivity index (χ1) is 5.61. The van der Waals surface area contributed by atoms with E-state index in [9.17, 15) is 8.76 Å². The van der Waals surface area contributed by atoms with Crippen molar-refractivity contribution < 1.29 is 8.76 Å². The summed E-state index contributed by atoms with van der Waals surface area (Å²) >= 11 is -2.11. The van der Waals surface area contributed by atoms with Crippen molar-refractivity contribution >= 4 is 11.1 Å². The van der Waals surface area contributed by atoms with Crippen LogP contribution in [0.5, 0.6) is 0 Å². The lowest BCUT2D eigenvalue weighted by atomic mass is 10.0. The molecule has 0 aliphatic heterocycles. The third-order valence-electron chi connectivity index (χ3n) is 1.72. The monoisotopic (exact) mass is 200 g/mol. The Hall–Kier alpha value is -0.710. The molecule has 1 unspecified atom stereocenters. The van der Waals surface area contributed by atoms with Crippen LogP contribution in [0.1, 0.15) is 25.3 Å². The van der Waals surface area contributed by atoms with E-state index in [1.807, 2.05) is 19.9 Å². The van der Waals surface area contributed by atoms with Crippen molar-refractivity contribution in [3.63, 3.8) is 0 Å². The Labute approximate surface area is 81.0 Å². The maximum Gasteiger partial charge on any atom is 0.0251 e. The standard InChI is InChI=1S/C9H12O2S.H3N/c1-7(2)8-4-3-5-9(6-8)12(10)11;/h3-7H,1-2H3,(H,10,11);1H3/p-1. The van der Waals surface area contributed by atoms with Gasteiger partial charge in [0.05, 0.1) is 0 Å². The topological polar surface area (TPSA) is 75.1 Å². The molecule has 3 N–H and O–H groups in total. The van der Waals surface area contributed by atoms with Gasteiger partial charge in [-0.05, 0) is 34.7 Å². The van der Waals surface area contributed by atoms with Crippen molar-refractivity contribution in [2.75, 3.05) is 0 Å². The Morgan fingerprint density at radius 2 is 2.00 bits per heavy atom. The van der Waals surface area contributed by atoms with Crippen LogP contribution in [0.25, 0.3) is 0 Å². The van der Waals surface area contributed by atoms with Crippen LogP contribution in [0, 0.1) is 0 Å². The van der Waals surface area contributed by atoms with Crippen LogP contribution in [0.2, 0.25) is 0 Å². The predicted octanol–water partition coefficient (Wildman–Crippen LogP) is 2.21. The molecule has 13 heavy (non-hydrogen) atoms. The Balaban J connectivity index is 0.00000144. The van der Waals surface area contributed by atoms with Gasteiger partial charge >= 0.3 is 0 Å². The summed E-state index contributed by atoms with van der Waals surface area (Å²) in [6.07, 6.45) is 0. The van der Waals surface area contributed by atoms with E-state index in [0.717, 1.165) is 5.56 Å². The van der Waals surface area contributed by atoms with Crippen LogP contribution in [0.4, 0.5) is 0 Å². The molecule has 1 atom stereocenters. The molecular formula is C9H14NO2S-. The van der Waals surface area contributed by atoms with Gasteiger partial charge in [-0.25, -0.2) is 0 Å². The van der Waals surface area contributed by atoms with Gasteiger partial charge in [0, 0.05) is 4.90 Å².